The lowest BCUT2D eigenvalue weighted by Gasteiger charge is -2.28. The summed E-state index contributed by atoms with van der Waals surface area (Å²) in [7, 11) is 0. The lowest BCUT2D eigenvalue weighted by molar-refractivity contribution is -0.143. The fourth-order valence-electron chi connectivity index (χ4n) is 5.76. The number of hydrogen-bond acceptors (Lipinski definition) is 5. The summed E-state index contributed by atoms with van der Waals surface area (Å²) in [6.07, 6.45) is 21.2. The van der Waals surface area contributed by atoms with E-state index in [0.717, 1.165) is 44.9 Å². The van der Waals surface area contributed by atoms with Gasteiger partial charge in [0.25, 0.3) is 0 Å². The van der Waals surface area contributed by atoms with Crippen molar-refractivity contribution in [3.8, 4) is 0 Å². The van der Waals surface area contributed by atoms with Crippen LogP contribution in [0.4, 0.5) is 0 Å². The van der Waals surface area contributed by atoms with Crippen molar-refractivity contribution in [3.63, 3.8) is 0 Å². The number of ketones is 1. The molecule has 0 aromatic carbocycles. The number of carboxylic acids is 2. The lowest BCUT2D eigenvalue weighted by atomic mass is 9.81. The van der Waals surface area contributed by atoms with Crippen LogP contribution < -0.4 is 10.6 Å². The van der Waals surface area contributed by atoms with Gasteiger partial charge in [-0.15, -0.1) is 0 Å². The maximum atomic E-state index is 12.6. The predicted octanol–water partition coefficient (Wildman–Crippen LogP) is 6.56. The van der Waals surface area contributed by atoms with E-state index >= 15 is 0 Å². The fraction of sp³-hybridized carbons (Fsp3) is 0.848. The van der Waals surface area contributed by atoms with Crippen LogP contribution in [0.15, 0.2) is 0 Å². The molecule has 4 N–H and O–H groups in total. The van der Waals surface area contributed by atoms with E-state index in [1.165, 1.54) is 64.7 Å². The standard InChI is InChI=1S/C33H58N2O7/c1-26(36)17-16-18-29(33(41)42)35-32(40)28-23-21-27(22-24-28)25-34-30(37)19-14-12-10-8-6-4-2-3-5-7-9-11-13-15-20-31(38)39/h27-29H,2-25H2,1H3,(H,34,37)(H,35,40)(H,38,39)(H,41,42)/t27?,28?,29-/m0/s1. The van der Waals surface area contributed by atoms with Crippen molar-refractivity contribution in [2.75, 3.05) is 6.54 Å². The van der Waals surface area contributed by atoms with Crippen LogP contribution in [-0.2, 0) is 24.0 Å². The molecule has 9 heteroatoms. The minimum atomic E-state index is -1.06. The maximum Gasteiger partial charge on any atom is 0.326 e. The molecule has 0 radical (unpaired) electrons. The molecule has 0 saturated heterocycles. The van der Waals surface area contributed by atoms with Gasteiger partial charge in [0.05, 0.1) is 0 Å². The number of carbonyl (C=O) groups is 5. The van der Waals surface area contributed by atoms with Crippen molar-refractivity contribution in [3.05, 3.63) is 0 Å². The molecule has 1 aliphatic rings. The summed E-state index contributed by atoms with van der Waals surface area (Å²) >= 11 is 0. The molecule has 42 heavy (non-hydrogen) atoms. The fourth-order valence-corrected chi connectivity index (χ4v) is 5.76. The second-order valence-corrected chi connectivity index (χ2v) is 12.4. The van der Waals surface area contributed by atoms with Gasteiger partial charge in [-0.2, -0.15) is 0 Å². The second kappa shape index (κ2) is 24.0. The van der Waals surface area contributed by atoms with Crippen LogP contribution in [0.2, 0.25) is 0 Å². The van der Waals surface area contributed by atoms with Crippen molar-refractivity contribution in [1.29, 1.82) is 0 Å². The normalized spacial score (nSPS) is 17.4. The number of unbranched alkanes of at least 4 members (excludes halogenated alkanes) is 13. The highest BCUT2D eigenvalue weighted by atomic mass is 16.4. The smallest absolute Gasteiger partial charge is 0.326 e. The quantitative estimate of drug-likeness (QED) is 0.0828. The summed E-state index contributed by atoms with van der Waals surface area (Å²) in [6, 6.07) is -0.954. The Hall–Kier alpha value is -2.45. The Bertz CT molecular complexity index is 793. The molecule has 1 rings (SSSR count). The van der Waals surface area contributed by atoms with Gasteiger partial charge in [-0.25, -0.2) is 4.79 Å². The lowest BCUT2D eigenvalue weighted by Crippen LogP contribution is -2.44. The topological polar surface area (TPSA) is 150 Å². The predicted molar refractivity (Wildman–Crippen MR) is 164 cm³/mol. The Morgan fingerprint density at radius 1 is 0.643 bits per heavy atom. The largest absolute Gasteiger partial charge is 0.481 e. The van der Waals surface area contributed by atoms with E-state index in [1.807, 2.05) is 0 Å². The van der Waals surface area contributed by atoms with Gasteiger partial charge in [-0.3, -0.25) is 14.4 Å². The molecule has 0 aromatic heterocycles. The van der Waals surface area contributed by atoms with E-state index in [1.54, 1.807) is 0 Å². The van der Waals surface area contributed by atoms with Gasteiger partial charge in [-0.05, 0) is 64.2 Å². The molecule has 242 valence electrons. The van der Waals surface area contributed by atoms with E-state index in [4.69, 9.17) is 5.11 Å². The Kier molecular flexibility index (Phi) is 21.5. The first-order valence-electron chi connectivity index (χ1n) is 16.7. The van der Waals surface area contributed by atoms with Crippen LogP contribution in [0.5, 0.6) is 0 Å². The molecule has 2 amide bonds. The summed E-state index contributed by atoms with van der Waals surface area (Å²) in [5, 5.41) is 23.7. The zero-order chi connectivity index (χ0) is 31.0. The van der Waals surface area contributed by atoms with Gasteiger partial charge < -0.3 is 25.6 Å². The Labute approximate surface area is 253 Å². The zero-order valence-electron chi connectivity index (χ0n) is 26.1. The maximum absolute atomic E-state index is 12.6. The van der Waals surface area contributed by atoms with Crippen LogP contribution in [-0.4, -0.2) is 52.3 Å². The number of rotatable bonds is 26. The molecule has 0 spiro atoms. The van der Waals surface area contributed by atoms with Gasteiger partial charge in [0.2, 0.25) is 11.8 Å². The first kappa shape index (κ1) is 37.6. The van der Waals surface area contributed by atoms with Crippen molar-refractivity contribution in [2.24, 2.45) is 11.8 Å². The number of aliphatic carboxylic acids is 2. The third kappa shape index (κ3) is 20.4. The molecule has 0 unspecified atom stereocenters. The van der Waals surface area contributed by atoms with Crippen molar-refractivity contribution >= 4 is 29.5 Å². The molecule has 0 heterocycles. The average Bonchev–Trinajstić information content (AvgIpc) is 2.95. The molecule has 1 fully saturated rings. The van der Waals surface area contributed by atoms with Crippen LogP contribution >= 0.6 is 0 Å². The van der Waals surface area contributed by atoms with E-state index in [2.05, 4.69) is 10.6 Å². The second-order valence-electron chi connectivity index (χ2n) is 12.4. The number of Topliss-reactive ketones (excluding diaryl/α,β-unsaturated/α-hetero) is 1. The Morgan fingerprint density at radius 2 is 1.12 bits per heavy atom. The van der Waals surface area contributed by atoms with Gasteiger partial charge in [0.15, 0.2) is 0 Å². The van der Waals surface area contributed by atoms with E-state index in [9.17, 15) is 29.1 Å². The highest BCUT2D eigenvalue weighted by Crippen LogP contribution is 2.29. The van der Waals surface area contributed by atoms with Gasteiger partial charge in [-0.1, -0.05) is 77.0 Å². The number of nitrogens with one attached hydrogen (secondary N) is 2. The Morgan fingerprint density at radius 3 is 1.57 bits per heavy atom. The summed E-state index contributed by atoms with van der Waals surface area (Å²) in [5.41, 5.74) is 0. The highest BCUT2D eigenvalue weighted by Gasteiger charge is 2.29. The van der Waals surface area contributed by atoms with Gasteiger partial charge >= 0.3 is 11.9 Å². The van der Waals surface area contributed by atoms with Crippen LogP contribution in [0.25, 0.3) is 0 Å². The molecule has 0 aromatic rings. The third-order valence-corrected chi connectivity index (χ3v) is 8.49. The molecule has 1 saturated carbocycles. The molecule has 9 nitrogen and oxygen atoms in total. The molecule has 1 atom stereocenters. The zero-order valence-corrected chi connectivity index (χ0v) is 26.1. The summed E-state index contributed by atoms with van der Waals surface area (Å²) < 4.78 is 0. The number of carboxylic acid groups (broad SMARTS) is 2. The van der Waals surface area contributed by atoms with Crippen LogP contribution in [0.3, 0.4) is 0 Å². The molecule has 1 aliphatic carbocycles. The SMILES string of the molecule is CC(=O)CCC[C@H](NC(=O)C1CCC(CNC(=O)CCCCCCCCCCCCCCCCC(=O)O)CC1)C(=O)O. The van der Waals surface area contributed by atoms with E-state index in [0.29, 0.717) is 51.0 Å². The van der Waals surface area contributed by atoms with E-state index in [-0.39, 0.29) is 29.9 Å². The molecular weight excluding hydrogens is 536 g/mol. The van der Waals surface area contributed by atoms with Gasteiger partial charge in [0.1, 0.15) is 11.8 Å². The van der Waals surface area contributed by atoms with Gasteiger partial charge in [0, 0.05) is 31.7 Å². The third-order valence-electron chi connectivity index (χ3n) is 8.49. The summed E-state index contributed by atoms with van der Waals surface area (Å²) in [6.45, 7) is 2.11. The molecule has 0 aliphatic heterocycles. The number of amides is 2. The minimum absolute atomic E-state index is 0.0147. The summed E-state index contributed by atoms with van der Waals surface area (Å²) in [4.78, 5) is 57.9. The monoisotopic (exact) mass is 594 g/mol. The first-order chi connectivity index (χ1) is 20.2. The van der Waals surface area contributed by atoms with Crippen molar-refractivity contribution in [2.45, 2.75) is 161 Å². The number of carbonyl (C=O) groups excluding carboxylic acids is 3. The Balaban J connectivity index is 1.97. The first-order valence-corrected chi connectivity index (χ1v) is 16.7. The van der Waals surface area contributed by atoms with Crippen molar-refractivity contribution < 1.29 is 34.2 Å². The molecular formula is C33H58N2O7. The average molecular weight is 595 g/mol. The number of hydrogen-bond donors (Lipinski definition) is 4. The van der Waals surface area contributed by atoms with E-state index < -0.39 is 18.0 Å². The van der Waals surface area contributed by atoms with Crippen LogP contribution in [0, 0.1) is 11.8 Å². The van der Waals surface area contributed by atoms with Crippen molar-refractivity contribution in [1.82, 2.24) is 10.6 Å². The minimum Gasteiger partial charge on any atom is -0.481 e. The summed E-state index contributed by atoms with van der Waals surface area (Å²) in [5.74, 6) is -1.69. The van der Waals surface area contributed by atoms with Crippen LogP contribution in [0.1, 0.15) is 155 Å². The molecule has 0 bridgehead atoms. The highest BCUT2D eigenvalue weighted by molar-refractivity contribution is 5.85.